The van der Waals surface area contributed by atoms with Gasteiger partial charge in [0, 0.05) is 5.92 Å². The second-order valence-corrected chi connectivity index (χ2v) is 2.49. The molecule has 0 fully saturated rings. The Labute approximate surface area is 68.8 Å². The molecular formula is C10H16O. The highest BCUT2D eigenvalue weighted by Crippen LogP contribution is 2.04. The van der Waals surface area contributed by atoms with Gasteiger partial charge in [0.15, 0.2) is 0 Å². The molecule has 0 aromatic heterocycles. The molecule has 0 aromatic carbocycles. The number of carbonyl (C=O) groups is 1. The summed E-state index contributed by atoms with van der Waals surface area (Å²) < 4.78 is 0. The van der Waals surface area contributed by atoms with E-state index in [1.807, 2.05) is 38.2 Å². The molecule has 0 spiro atoms. The number of hydrogen-bond acceptors (Lipinski definition) is 1. The lowest BCUT2D eigenvalue weighted by molar-refractivity contribution is -0.111. The van der Waals surface area contributed by atoms with Crippen molar-refractivity contribution in [3.8, 4) is 0 Å². The summed E-state index contributed by atoms with van der Waals surface area (Å²) in [6.45, 7) is 4.00. The van der Waals surface area contributed by atoms with Crippen LogP contribution in [0.15, 0.2) is 24.3 Å². The number of rotatable bonds is 5. The zero-order chi connectivity index (χ0) is 8.53. The minimum atomic E-state index is 0.205. The largest absolute Gasteiger partial charge is 0.303 e. The van der Waals surface area contributed by atoms with Gasteiger partial charge in [-0.25, -0.2) is 0 Å². The molecule has 0 aliphatic carbocycles. The highest BCUT2D eigenvalue weighted by atomic mass is 16.1. The molecule has 0 aromatic rings. The van der Waals surface area contributed by atoms with Crippen LogP contribution in [-0.2, 0) is 4.79 Å². The number of aldehydes is 1. The van der Waals surface area contributed by atoms with Crippen molar-refractivity contribution >= 4 is 6.29 Å². The molecule has 0 aliphatic rings. The monoisotopic (exact) mass is 152 g/mol. The topological polar surface area (TPSA) is 17.1 Å². The summed E-state index contributed by atoms with van der Waals surface area (Å²) in [5.41, 5.74) is 0. The van der Waals surface area contributed by atoms with Gasteiger partial charge >= 0.3 is 0 Å². The van der Waals surface area contributed by atoms with Crippen molar-refractivity contribution in [3.05, 3.63) is 24.3 Å². The number of carbonyl (C=O) groups excluding carboxylic acids is 1. The quantitative estimate of drug-likeness (QED) is 0.437. The molecule has 0 saturated heterocycles. The third kappa shape index (κ3) is 5.59. The van der Waals surface area contributed by atoms with E-state index in [-0.39, 0.29) is 5.92 Å². The van der Waals surface area contributed by atoms with Gasteiger partial charge in [-0.3, -0.25) is 0 Å². The van der Waals surface area contributed by atoms with Crippen LogP contribution in [0.1, 0.15) is 26.7 Å². The maximum atomic E-state index is 10.3. The molecule has 0 aliphatic heterocycles. The van der Waals surface area contributed by atoms with Gasteiger partial charge in [0.25, 0.3) is 0 Å². The van der Waals surface area contributed by atoms with Gasteiger partial charge in [-0.05, 0) is 19.8 Å². The van der Waals surface area contributed by atoms with E-state index >= 15 is 0 Å². The van der Waals surface area contributed by atoms with E-state index in [4.69, 9.17) is 0 Å². The van der Waals surface area contributed by atoms with Crippen molar-refractivity contribution in [1.82, 2.24) is 0 Å². The van der Waals surface area contributed by atoms with Gasteiger partial charge in [-0.15, -0.1) is 0 Å². The molecule has 0 heterocycles. The van der Waals surface area contributed by atoms with Crippen LogP contribution in [0.25, 0.3) is 0 Å². The second-order valence-electron chi connectivity index (χ2n) is 2.49. The van der Waals surface area contributed by atoms with Crippen molar-refractivity contribution in [3.63, 3.8) is 0 Å². The molecule has 0 N–H and O–H groups in total. The van der Waals surface area contributed by atoms with E-state index in [1.54, 1.807) is 0 Å². The molecule has 0 saturated carbocycles. The fourth-order valence-corrected chi connectivity index (χ4v) is 0.761. The molecule has 62 valence electrons. The SMILES string of the molecule is C/C=C/C=C/CC(C=O)CC. The van der Waals surface area contributed by atoms with Crippen LogP contribution in [0.4, 0.5) is 0 Å². The summed E-state index contributed by atoms with van der Waals surface area (Å²) in [4.78, 5) is 10.3. The lowest BCUT2D eigenvalue weighted by atomic mass is 10.0. The second kappa shape index (κ2) is 7.26. The van der Waals surface area contributed by atoms with Crippen molar-refractivity contribution in [2.45, 2.75) is 26.7 Å². The Bertz CT molecular complexity index is 145. The fraction of sp³-hybridized carbons (Fsp3) is 0.500. The molecule has 1 unspecified atom stereocenters. The number of allylic oxidation sites excluding steroid dienone is 4. The molecule has 1 atom stereocenters. The van der Waals surface area contributed by atoms with Crippen LogP contribution in [0.5, 0.6) is 0 Å². The summed E-state index contributed by atoms with van der Waals surface area (Å²) in [6.07, 6.45) is 10.8. The summed E-state index contributed by atoms with van der Waals surface area (Å²) in [5, 5.41) is 0. The molecule has 0 rings (SSSR count). The molecule has 0 bridgehead atoms. The summed E-state index contributed by atoms with van der Waals surface area (Å²) in [5.74, 6) is 0.205. The number of hydrogen-bond donors (Lipinski definition) is 0. The molecule has 0 radical (unpaired) electrons. The average molecular weight is 152 g/mol. The Kier molecular flexibility index (Phi) is 6.70. The Morgan fingerprint density at radius 1 is 1.36 bits per heavy atom. The zero-order valence-electron chi connectivity index (χ0n) is 7.29. The Morgan fingerprint density at radius 3 is 2.55 bits per heavy atom. The standard InChI is InChI=1S/C10H16O/c1-3-5-6-7-8-10(4-2)9-11/h3,5-7,9-10H,4,8H2,1-2H3/b5-3+,7-6+. The van der Waals surface area contributed by atoms with Crippen LogP contribution in [0.3, 0.4) is 0 Å². The summed E-state index contributed by atoms with van der Waals surface area (Å²) >= 11 is 0. The Balaban J connectivity index is 3.57. The predicted molar refractivity (Wildman–Crippen MR) is 48.4 cm³/mol. The van der Waals surface area contributed by atoms with Crippen LogP contribution >= 0.6 is 0 Å². The molecule has 11 heavy (non-hydrogen) atoms. The van der Waals surface area contributed by atoms with Gasteiger partial charge in [0.1, 0.15) is 6.29 Å². The van der Waals surface area contributed by atoms with E-state index in [2.05, 4.69) is 0 Å². The van der Waals surface area contributed by atoms with E-state index < -0.39 is 0 Å². The first-order valence-corrected chi connectivity index (χ1v) is 4.08. The molecule has 1 nitrogen and oxygen atoms in total. The van der Waals surface area contributed by atoms with E-state index in [9.17, 15) is 4.79 Å². The highest BCUT2D eigenvalue weighted by Gasteiger charge is 1.98. The average Bonchev–Trinajstić information content (AvgIpc) is 2.05. The van der Waals surface area contributed by atoms with Crippen molar-refractivity contribution in [2.75, 3.05) is 0 Å². The molecule has 1 heteroatoms. The van der Waals surface area contributed by atoms with Crippen LogP contribution in [0, 0.1) is 5.92 Å². The van der Waals surface area contributed by atoms with Gasteiger partial charge in [-0.1, -0.05) is 31.2 Å². The van der Waals surface area contributed by atoms with Gasteiger partial charge in [-0.2, -0.15) is 0 Å². The molecular weight excluding hydrogens is 136 g/mol. The third-order valence-corrected chi connectivity index (χ3v) is 1.60. The lowest BCUT2D eigenvalue weighted by Crippen LogP contribution is -1.96. The summed E-state index contributed by atoms with van der Waals surface area (Å²) in [7, 11) is 0. The third-order valence-electron chi connectivity index (χ3n) is 1.60. The smallest absolute Gasteiger partial charge is 0.123 e. The minimum Gasteiger partial charge on any atom is -0.303 e. The minimum absolute atomic E-state index is 0.205. The van der Waals surface area contributed by atoms with E-state index in [1.165, 1.54) is 0 Å². The first-order valence-electron chi connectivity index (χ1n) is 4.08. The maximum Gasteiger partial charge on any atom is 0.123 e. The van der Waals surface area contributed by atoms with Gasteiger partial charge in [0.2, 0.25) is 0 Å². The summed E-state index contributed by atoms with van der Waals surface area (Å²) in [6, 6.07) is 0. The Hall–Kier alpha value is -0.850. The van der Waals surface area contributed by atoms with Gasteiger partial charge < -0.3 is 4.79 Å². The normalized spacial score (nSPS) is 14.4. The zero-order valence-corrected chi connectivity index (χ0v) is 7.29. The van der Waals surface area contributed by atoms with Crippen molar-refractivity contribution in [2.24, 2.45) is 5.92 Å². The lowest BCUT2D eigenvalue weighted by Gasteiger charge is -1.99. The van der Waals surface area contributed by atoms with Crippen molar-refractivity contribution < 1.29 is 4.79 Å². The van der Waals surface area contributed by atoms with E-state index in [0.717, 1.165) is 19.1 Å². The first-order chi connectivity index (χ1) is 5.35. The maximum absolute atomic E-state index is 10.3. The fourth-order valence-electron chi connectivity index (χ4n) is 0.761. The molecule has 0 amide bonds. The van der Waals surface area contributed by atoms with Crippen LogP contribution in [-0.4, -0.2) is 6.29 Å². The highest BCUT2D eigenvalue weighted by molar-refractivity contribution is 5.53. The van der Waals surface area contributed by atoms with Crippen LogP contribution < -0.4 is 0 Å². The van der Waals surface area contributed by atoms with Crippen molar-refractivity contribution in [1.29, 1.82) is 0 Å². The predicted octanol–water partition coefficient (Wildman–Crippen LogP) is 2.73. The van der Waals surface area contributed by atoms with Crippen LogP contribution in [0.2, 0.25) is 0 Å². The van der Waals surface area contributed by atoms with Gasteiger partial charge in [0.05, 0.1) is 0 Å². The first kappa shape index (κ1) is 10.2. The Morgan fingerprint density at radius 2 is 2.09 bits per heavy atom. The van der Waals surface area contributed by atoms with E-state index in [0.29, 0.717) is 0 Å².